The fraction of sp³-hybridized carbons (Fsp3) is 0.357. The van der Waals surface area contributed by atoms with Crippen LogP contribution in [0.4, 0.5) is 5.13 Å². The Morgan fingerprint density at radius 2 is 1.96 bits per heavy atom. The molecule has 0 saturated heterocycles. The van der Waals surface area contributed by atoms with Crippen molar-refractivity contribution in [3.8, 4) is 0 Å². The quantitative estimate of drug-likeness (QED) is 0.735. The second-order valence-corrected chi connectivity index (χ2v) is 8.96. The van der Waals surface area contributed by atoms with Crippen molar-refractivity contribution >= 4 is 44.4 Å². The zero-order valence-corrected chi connectivity index (χ0v) is 16.0. The third kappa shape index (κ3) is 4.53. The highest BCUT2D eigenvalue weighted by atomic mass is 32.2. The van der Waals surface area contributed by atoms with Gasteiger partial charge in [0.15, 0.2) is 0 Å². The van der Waals surface area contributed by atoms with Crippen molar-refractivity contribution in [1.29, 1.82) is 0 Å². The van der Waals surface area contributed by atoms with Crippen molar-refractivity contribution in [3.63, 3.8) is 0 Å². The summed E-state index contributed by atoms with van der Waals surface area (Å²) in [6.45, 7) is 2.07. The van der Waals surface area contributed by atoms with Crippen molar-refractivity contribution in [2.24, 2.45) is 0 Å². The number of amides is 1. The molecule has 1 aromatic heterocycles. The third-order valence-electron chi connectivity index (χ3n) is 2.96. The first kappa shape index (κ1) is 18.8. The second kappa shape index (κ2) is 8.06. The molecule has 24 heavy (non-hydrogen) atoms. The van der Waals surface area contributed by atoms with E-state index in [0.717, 1.165) is 28.0 Å². The van der Waals surface area contributed by atoms with Gasteiger partial charge in [-0.25, -0.2) is 12.7 Å². The molecule has 0 aliphatic carbocycles. The lowest BCUT2D eigenvalue weighted by atomic mass is 10.2. The van der Waals surface area contributed by atoms with E-state index in [1.54, 1.807) is 0 Å². The highest BCUT2D eigenvalue weighted by Crippen LogP contribution is 2.21. The minimum Gasteiger partial charge on any atom is -0.297 e. The summed E-state index contributed by atoms with van der Waals surface area (Å²) in [5, 5.41) is 3.73. The molecule has 10 heteroatoms. The van der Waals surface area contributed by atoms with Gasteiger partial charge in [-0.1, -0.05) is 18.7 Å². The highest BCUT2D eigenvalue weighted by molar-refractivity contribution is 7.99. The van der Waals surface area contributed by atoms with E-state index in [4.69, 9.17) is 0 Å². The fourth-order valence-corrected chi connectivity index (χ4v) is 3.97. The molecule has 0 atom stereocenters. The van der Waals surface area contributed by atoms with Gasteiger partial charge in [-0.3, -0.25) is 10.1 Å². The van der Waals surface area contributed by atoms with E-state index in [1.807, 2.05) is 0 Å². The van der Waals surface area contributed by atoms with E-state index in [-0.39, 0.29) is 10.8 Å². The van der Waals surface area contributed by atoms with Gasteiger partial charge < -0.3 is 0 Å². The number of sulfonamides is 1. The van der Waals surface area contributed by atoms with Crippen molar-refractivity contribution in [1.82, 2.24) is 13.7 Å². The van der Waals surface area contributed by atoms with Crippen LogP contribution in [0.15, 0.2) is 34.3 Å². The van der Waals surface area contributed by atoms with Gasteiger partial charge in [-0.2, -0.15) is 9.36 Å². The zero-order valence-electron chi connectivity index (χ0n) is 13.5. The topological polar surface area (TPSA) is 92.3 Å². The summed E-state index contributed by atoms with van der Waals surface area (Å²) < 4.78 is 29.3. The molecule has 130 valence electrons. The molecule has 2 rings (SSSR count). The van der Waals surface area contributed by atoms with Crippen LogP contribution in [0.1, 0.15) is 23.7 Å². The first-order valence-corrected chi connectivity index (χ1v) is 10.3. The number of carbonyl (C=O) groups is 1. The molecule has 0 radical (unpaired) electrons. The molecule has 0 aliphatic heterocycles. The van der Waals surface area contributed by atoms with E-state index in [0.29, 0.717) is 15.9 Å². The average molecular weight is 387 g/mol. The molecule has 0 bridgehead atoms. The average Bonchev–Trinajstić information content (AvgIpc) is 3.00. The number of rotatable bonds is 7. The summed E-state index contributed by atoms with van der Waals surface area (Å²) in [6.07, 6.45) is 1.02. The molecular formula is C14H18N4O3S3. The first-order valence-electron chi connectivity index (χ1n) is 7.15. The molecule has 1 heterocycles. The summed E-state index contributed by atoms with van der Waals surface area (Å²) >= 11 is 2.65. The van der Waals surface area contributed by atoms with Crippen molar-refractivity contribution in [2.45, 2.75) is 23.4 Å². The molecule has 0 saturated carbocycles. The normalized spacial score (nSPS) is 11.7. The predicted octanol–water partition coefficient (Wildman–Crippen LogP) is 2.54. The molecule has 1 N–H and O–H groups in total. The van der Waals surface area contributed by atoms with Crippen LogP contribution in [0, 0.1) is 0 Å². The maximum atomic E-state index is 12.2. The van der Waals surface area contributed by atoms with E-state index in [9.17, 15) is 13.2 Å². The van der Waals surface area contributed by atoms with E-state index >= 15 is 0 Å². The van der Waals surface area contributed by atoms with Crippen LogP contribution in [0.2, 0.25) is 0 Å². The Bertz CT molecular complexity index is 801. The van der Waals surface area contributed by atoms with Crippen LogP contribution in [0.5, 0.6) is 0 Å². The van der Waals surface area contributed by atoms with Crippen molar-refractivity contribution in [2.75, 3.05) is 25.2 Å². The SMILES string of the molecule is CCCSc1nsc(NC(=O)c2ccc(S(=O)(=O)N(C)C)cc2)n1. The number of hydrogen-bond acceptors (Lipinski definition) is 7. The molecule has 7 nitrogen and oxygen atoms in total. The van der Waals surface area contributed by atoms with Gasteiger partial charge in [0.25, 0.3) is 5.91 Å². The van der Waals surface area contributed by atoms with Crippen LogP contribution in [0.3, 0.4) is 0 Å². The summed E-state index contributed by atoms with van der Waals surface area (Å²) in [6, 6.07) is 5.76. The van der Waals surface area contributed by atoms with Crippen LogP contribution in [-0.2, 0) is 10.0 Å². The number of hydrogen-bond donors (Lipinski definition) is 1. The van der Waals surface area contributed by atoms with Gasteiger partial charge in [-0.05, 0) is 30.7 Å². The maximum absolute atomic E-state index is 12.2. The van der Waals surface area contributed by atoms with E-state index in [2.05, 4.69) is 21.6 Å². The Kier molecular flexibility index (Phi) is 6.33. The van der Waals surface area contributed by atoms with Crippen LogP contribution >= 0.6 is 23.3 Å². The monoisotopic (exact) mass is 386 g/mol. The van der Waals surface area contributed by atoms with Gasteiger partial charge in [0.1, 0.15) is 0 Å². The number of carbonyl (C=O) groups excluding carboxylic acids is 1. The smallest absolute Gasteiger partial charge is 0.257 e. The number of thioether (sulfide) groups is 1. The largest absolute Gasteiger partial charge is 0.297 e. The first-order chi connectivity index (χ1) is 11.3. The van der Waals surface area contributed by atoms with Crippen LogP contribution in [-0.4, -0.2) is 47.8 Å². The summed E-state index contributed by atoms with van der Waals surface area (Å²) in [7, 11) is -0.589. The lowest BCUT2D eigenvalue weighted by Crippen LogP contribution is -2.22. The zero-order chi connectivity index (χ0) is 17.7. The number of nitrogens with zero attached hydrogens (tertiary/aromatic N) is 3. The number of benzene rings is 1. The van der Waals surface area contributed by atoms with Crippen LogP contribution < -0.4 is 5.32 Å². The minimum atomic E-state index is -3.51. The Hall–Kier alpha value is -1.49. The second-order valence-electron chi connectivity index (χ2n) is 5.00. The molecule has 0 unspecified atom stereocenters. The van der Waals surface area contributed by atoms with Crippen molar-refractivity contribution < 1.29 is 13.2 Å². The Balaban J connectivity index is 2.06. The standard InChI is InChI=1S/C14H18N4O3S3/c1-4-9-22-14-16-13(23-17-14)15-12(19)10-5-7-11(8-6-10)24(20,21)18(2)3/h5-8H,4,9H2,1-3H3,(H,15,16,17,19). The van der Waals surface area contributed by atoms with Crippen LogP contribution in [0.25, 0.3) is 0 Å². The van der Waals surface area contributed by atoms with Crippen molar-refractivity contribution in [3.05, 3.63) is 29.8 Å². The molecule has 1 amide bonds. The maximum Gasteiger partial charge on any atom is 0.257 e. The number of aromatic nitrogens is 2. The van der Waals surface area contributed by atoms with Gasteiger partial charge in [0, 0.05) is 36.9 Å². The minimum absolute atomic E-state index is 0.137. The summed E-state index contributed by atoms with van der Waals surface area (Å²) in [5.74, 6) is 0.568. The highest BCUT2D eigenvalue weighted by Gasteiger charge is 2.18. The Labute approximate surface area is 149 Å². The molecule has 0 spiro atoms. The lowest BCUT2D eigenvalue weighted by Gasteiger charge is -2.11. The van der Waals surface area contributed by atoms with Gasteiger partial charge in [0.05, 0.1) is 4.90 Å². The van der Waals surface area contributed by atoms with Gasteiger partial charge in [-0.15, -0.1) is 0 Å². The summed E-state index contributed by atoms with van der Waals surface area (Å²) in [5.41, 5.74) is 0.352. The lowest BCUT2D eigenvalue weighted by molar-refractivity contribution is 0.102. The molecule has 0 aliphatic rings. The predicted molar refractivity (Wildman–Crippen MR) is 96.2 cm³/mol. The fourth-order valence-electron chi connectivity index (χ4n) is 1.67. The van der Waals surface area contributed by atoms with Gasteiger partial charge in [0.2, 0.25) is 20.3 Å². The summed E-state index contributed by atoms with van der Waals surface area (Å²) in [4.78, 5) is 16.6. The number of nitrogens with one attached hydrogen (secondary N) is 1. The molecule has 0 fully saturated rings. The Morgan fingerprint density at radius 3 is 2.54 bits per heavy atom. The third-order valence-corrected chi connectivity index (χ3v) is 6.59. The molecule has 2 aromatic rings. The Morgan fingerprint density at radius 1 is 1.29 bits per heavy atom. The molecular weight excluding hydrogens is 368 g/mol. The van der Waals surface area contributed by atoms with E-state index < -0.39 is 10.0 Å². The molecule has 1 aromatic carbocycles. The van der Waals surface area contributed by atoms with Gasteiger partial charge >= 0.3 is 0 Å². The number of anilines is 1. The van der Waals surface area contributed by atoms with E-state index in [1.165, 1.54) is 50.1 Å².